The number of nitrogens with zero attached hydrogens (tertiary/aromatic N) is 2. The van der Waals surface area contributed by atoms with Crippen LogP contribution in [0.1, 0.15) is 19.8 Å². The van der Waals surface area contributed by atoms with Crippen molar-refractivity contribution in [3.05, 3.63) is 0 Å². The molecule has 2 aliphatic rings. The van der Waals surface area contributed by atoms with E-state index in [0.717, 1.165) is 26.0 Å². The zero-order valence-corrected chi connectivity index (χ0v) is 16.9. The number of guanidine groups is 1. The van der Waals surface area contributed by atoms with Crippen LogP contribution >= 0.6 is 24.0 Å². The maximum absolute atomic E-state index is 11.5. The Labute approximate surface area is 165 Å². The van der Waals surface area contributed by atoms with Gasteiger partial charge in [-0.15, -0.1) is 24.0 Å². The number of urea groups is 1. The van der Waals surface area contributed by atoms with Crippen molar-refractivity contribution in [3.63, 3.8) is 0 Å². The van der Waals surface area contributed by atoms with Gasteiger partial charge >= 0.3 is 6.03 Å². The van der Waals surface area contributed by atoms with Crippen molar-refractivity contribution < 1.29 is 19.1 Å². The van der Waals surface area contributed by atoms with Crippen molar-refractivity contribution in [1.82, 2.24) is 20.9 Å². The van der Waals surface area contributed by atoms with Crippen LogP contribution in [0.2, 0.25) is 0 Å². The zero-order chi connectivity index (χ0) is 17.2. The lowest BCUT2D eigenvalue weighted by atomic mass is 10.3. The molecule has 144 valence electrons. The third-order valence-corrected chi connectivity index (χ3v) is 3.72. The molecule has 1 atom stereocenters. The molecule has 10 heteroatoms. The maximum atomic E-state index is 11.5. The highest BCUT2D eigenvalue weighted by atomic mass is 127. The average Bonchev–Trinajstić information content (AvgIpc) is 3.19. The number of halogens is 1. The number of carbonyl (C=O) groups excluding carboxylic acids is 2. The third-order valence-electron chi connectivity index (χ3n) is 3.72. The second-order valence-electron chi connectivity index (χ2n) is 5.60. The molecule has 2 fully saturated rings. The fraction of sp³-hybridized carbons (Fsp3) is 0.800. The molecule has 2 heterocycles. The molecule has 0 saturated carbocycles. The van der Waals surface area contributed by atoms with Crippen LogP contribution in [-0.2, 0) is 14.3 Å². The first-order valence-electron chi connectivity index (χ1n) is 8.50. The predicted molar refractivity (Wildman–Crippen MR) is 104 cm³/mol. The summed E-state index contributed by atoms with van der Waals surface area (Å²) in [7, 11) is 0. The minimum Gasteiger partial charge on any atom is -0.379 e. The van der Waals surface area contributed by atoms with E-state index in [1.54, 1.807) is 0 Å². The average molecular weight is 469 g/mol. The molecule has 0 aromatic rings. The Bertz CT molecular complexity index is 441. The second-order valence-corrected chi connectivity index (χ2v) is 5.60. The molecule has 0 bridgehead atoms. The Morgan fingerprint density at radius 2 is 2.28 bits per heavy atom. The van der Waals surface area contributed by atoms with Gasteiger partial charge in [0.05, 0.1) is 19.3 Å². The smallest absolute Gasteiger partial charge is 0.324 e. The molecule has 2 saturated heterocycles. The molecule has 25 heavy (non-hydrogen) atoms. The number of amides is 3. The fourth-order valence-corrected chi connectivity index (χ4v) is 2.46. The van der Waals surface area contributed by atoms with Crippen molar-refractivity contribution in [3.8, 4) is 0 Å². The molecular formula is C15H28IN5O4. The number of imide groups is 1. The molecule has 3 N–H and O–H groups in total. The highest BCUT2D eigenvalue weighted by Gasteiger charge is 2.27. The monoisotopic (exact) mass is 469 g/mol. The standard InChI is InChI=1S/C15H27N5O4.HI/c1-2-16-14(17-5-3-8-24-12-4-9-23-11-12)18-6-7-20-13(21)10-19-15(20)22;/h12H,2-11H2,1H3,(H,19,22)(H2,16,17,18);1H. The van der Waals surface area contributed by atoms with E-state index < -0.39 is 0 Å². The van der Waals surface area contributed by atoms with E-state index in [1.165, 1.54) is 4.90 Å². The normalized spacial score (nSPS) is 20.4. The molecule has 2 aliphatic heterocycles. The van der Waals surface area contributed by atoms with Gasteiger partial charge in [-0.05, 0) is 19.8 Å². The molecule has 0 aliphatic carbocycles. The van der Waals surface area contributed by atoms with E-state index in [9.17, 15) is 9.59 Å². The van der Waals surface area contributed by atoms with E-state index in [1.807, 2.05) is 6.92 Å². The van der Waals surface area contributed by atoms with Gasteiger partial charge in [-0.3, -0.25) is 14.7 Å². The van der Waals surface area contributed by atoms with Crippen LogP contribution in [0, 0.1) is 0 Å². The molecular weight excluding hydrogens is 441 g/mol. The van der Waals surface area contributed by atoms with Crippen LogP contribution in [0.5, 0.6) is 0 Å². The van der Waals surface area contributed by atoms with Crippen molar-refractivity contribution in [2.45, 2.75) is 25.9 Å². The highest BCUT2D eigenvalue weighted by Crippen LogP contribution is 2.08. The Morgan fingerprint density at radius 1 is 1.44 bits per heavy atom. The number of carbonyl (C=O) groups is 2. The zero-order valence-electron chi connectivity index (χ0n) is 14.6. The van der Waals surface area contributed by atoms with Gasteiger partial charge in [0.25, 0.3) is 0 Å². The summed E-state index contributed by atoms with van der Waals surface area (Å²) in [5.74, 6) is 0.477. The van der Waals surface area contributed by atoms with Crippen LogP contribution in [0.25, 0.3) is 0 Å². The van der Waals surface area contributed by atoms with Crippen molar-refractivity contribution >= 4 is 41.9 Å². The predicted octanol–water partition coefficient (Wildman–Crippen LogP) is -0.0931. The van der Waals surface area contributed by atoms with Crippen LogP contribution < -0.4 is 16.0 Å². The lowest BCUT2D eigenvalue weighted by Gasteiger charge is -2.15. The summed E-state index contributed by atoms with van der Waals surface area (Å²) in [6.07, 6.45) is 2.03. The van der Waals surface area contributed by atoms with Crippen molar-refractivity contribution in [2.75, 3.05) is 52.5 Å². The SMILES string of the molecule is CCNC(=NCCCOC1CCOC1)NCCN1C(=O)CNC1=O.I. The topological polar surface area (TPSA) is 104 Å². The van der Waals surface area contributed by atoms with E-state index in [4.69, 9.17) is 9.47 Å². The Kier molecular flexibility index (Phi) is 10.7. The number of rotatable bonds is 9. The summed E-state index contributed by atoms with van der Waals surface area (Å²) in [6.45, 7) is 6.37. The van der Waals surface area contributed by atoms with Gasteiger partial charge in [-0.25, -0.2) is 4.79 Å². The number of nitrogens with one attached hydrogen (secondary N) is 3. The Morgan fingerprint density at radius 3 is 2.92 bits per heavy atom. The van der Waals surface area contributed by atoms with Crippen molar-refractivity contribution in [2.24, 2.45) is 4.99 Å². The molecule has 2 rings (SSSR count). The second kappa shape index (κ2) is 12.3. The minimum absolute atomic E-state index is 0. The van der Waals surface area contributed by atoms with Gasteiger partial charge in [-0.1, -0.05) is 0 Å². The molecule has 1 unspecified atom stereocenters. The molecule has 0 spiro atoms. The van der Waals surface area contributed by atoms with E-state index in [2.05, 4.69) is 20.9 Å². The van der Waals surface area contributed by atoms with E-state index in [-0.39, 0.29) is 48.6 Å². The minimum atomic E-state index is -0.336. The highest BCUT2D eigenvalue weighted by molar-refractivity contribution is 14.0. The van der Waals surface area contributed by atoms with Gasteiger partial charge in [0.2, 0.25) is 5.91 Å². The quantitative estimate of drug-likeness (QED) is 0.143. The lowest BCUT2D eigenvalue weighted by molar-refractivity contribution is -0.124. The fourth-order valence-electron chi connectivity index (χ4n) is 2.46. The van der Waals surface area contributed by atoms with E-state index in [0.29, 0.717) is 38.8 Å². The summed E-state index contributed by atoms with van der Waals surface area (Å²) in [4.78, 5) is 28.6. The van der Waals surface area contributed by atoms with Crippen LogP contribution in [0.15, 0.2) is 4.99 Å². The molecule has 0 aromatic carbocycles. The number of hydrogen-bond donors (Lipinski definition) is 3. The first kappa shape index (κ1) is 21.9. The van der Waals surface area contributed by atoms with Gasteiger partial charge in [-0.2, -0.15) is 0 Å². The van der Waals surface area contributed by atoms with Crippen LogP contribution in [0.4, 0.5) is 4.79 Å². The third kappa shape index (κ3) is 7.74. The molecule has 9 nitrogen and oxygen atoms in total. The maximum Gasteiger partial charge on any atom is 0.324 e. The Hall–Kier alpha value is -1.14. The first-order valence-corrected chi connectivity index (χ1v) is 8.50. The van der Waals surface area contributed by atoms with Crippen molar-refractivity contribution in [1.29, 1.82) is 0 Å². The molecule has 0 aromatic heterocycles. The van der Waals surface area contributed by atoms with Crippen LogP contribution in [-0.4, -0.2) is 81.4 Å². The lowest BCUT2D eigenvalue weighted by Crippen LogP contribution is -2.43. The van der Waals surface area contributed by atoms with Gasteiger partial charge in [0.15, 0.2) is 5.96 Å². The number of hydrogen-bond acceptors (Lipinski definition) is 5. The summed E-state index contributed by atoms with van der Waals surface area (Å²) in [5, 5.41) is 8.76. The summed E-state index contributed by atoms with van der Waals surface area (Å²) in [5.41, 5.74) is 0. The summed E-state index contributed by atoms with van der Waals surface area (Å²) in [6, 6.07) is -0.336. The first-order chi connectivity index (χ1) is 11.7. The van der Waals surface area contributed by atoms with Gasteiger partial charge in [0.1, 0.15) is 0 Å². The number of aliphatic imine (C=N–C) groups is 1. The molecule has 3 amide bonds. The van der Waals surface area contributed by atoms with Crippen LogP contribution in [0.3, 0.4) is 0 Å². The Balaban J connectivity index is 0.00000312. The largest absolute Gasteiger partial charge is 0.379 e. The van der Waals surface area contributed by atoms with Gasteiger partial charge in [0, 0.05) is 39.4 Å². The molecule has 0 radical (unpaired) electrons. The summed E-state index contributed by atoms with van der Waals surface area (Å²) >= 11 is 0. The van der Waals surface area contributed by atoms with E-state index >= 15 is 0 Å². The summed E-state index contributed by atoms with van der Waals surface area (Å²) < 4.78 is 11.0. The van der Waals surface area contributed by atoms with Gasteiger partial charge < -0.3 is 25.4 Å². The number of ether oxygens (including phenoxy) is 2.